The molecule has 5 nitrogen and oxygen atoms in total. The lowest BCUT2D eigenvalue weighted by Gasteiger charge is -2.08. The van der Waals surface area contributed by atoms with Gasteiger partial charge in [0, 0.05) is 5.69 Å². The van der Waals surface area contributed by atoms with Crippen LogP contribution < -0.4 is 4.74 Å². The summed E-state index contributed by atoms with van der Waals surface area (Å²) in [6, 6.07) is 0.526. The fourth-order valence-electron chi connectivity index (χ4n) is 0.862. The zero-order valence-corrected chi connectivity index (χ0v) is 8.08. The summed E-state index contributed by atoms with van der Waals surface area (Å²) < 4.78 is 39.6. The summed E-state index contributed by atoms with van der Waals surface area (Å²) in [6.07, 6.45) is -4.52. The van der Waals surface area contributed by atoms with E-state index in [0.717, 1.165) is 6.07 Å². The molecule has 88 valence electrons. The number of aromatic carboxylic acids is 1. The Kier molecular flexibility index (Phi) is 3.31. The van der Waals surface area contributed by atoms with E-state index in [1.54, 1.807) is 0 Å². The summed E-state index contributed by atoms with van der Waals surface area (Å²) in [7, 11) is 0. The molecule has 16 heavy (non-hydrogen) atoms. The van der Waals surface area contributed by atoms with Crippen LogP contribution in [0.1, 0.15) is 16.2 Å². The maximum atomic E-state index is 11.8. The number of hydrogen-bond donors (Lipinski definition) is 1. The summed E-state index contributed by atoms with van der Waals surface area (Å²) in [5.74, 6) is -1.36. The van der Waals surface area contributed by atoms with Crippen molar-refractivity contribution in [2.75, 3.05) is 6.61 Å². The summed E-state index contributed by atoms with van der Waals surface area (Å²) in [5, 5.41) is 8.59. The van der Waals surface area contributed by atoms with Gasteiger partial charge in [0.1, 0.15) is 0 Å². The predicted octanol–water partition coefficient (Wildman–Crippen LogP) is 1.42. The molecule has 0 aliphatic rings. The molecular formula is C8H7F3N2O3. The monoisotopic (exact) mass is 236 g/mol. The van der Waals surface area contributed by atoms with Crippen LogP contribution in [0.4, 0.5) is 13.2 Å². The smallest absolute Gasteiger partial charge is 0.422 e. The van der Waals surface area contributed by atoms with E-state index in [2.05, 4.69) is 14.7 Å². The van der Waals surface area contributed by atoms with Crippen LogP contribution in [0.15, 0.2) is 6.07 Å². The van der Waals surface area contributed by atoms with Crippen molar-refractivity contribution in [1.82, 2.24) is 9.97 Å². The van der Waals surface area contributed by atoms with Crippen LogP contribution >= 0.6 is 0 Å². The SMILES string of the molecule is Cc1cc(C(=O)O)nc(OCC(F)(F)F)n1. The highest BCUT2D eigenvalue weighted by Crippen LogP contribution is 2.16. The molecule has 0 unspecified atom stereocenters. The van der Waals surface area contributed by atoms with Gasteiger partial charge in [-0.05, 0) is 13.0 Å². The quantitative estimate of drug-likeness (QED) is 0.859. The Morgan fingerprint density at radius 3 is 2.62 bits per heavy atom. The highest BCUT2D eigenvalue weighted by Gasteiger charge is 2.29. The second-order valence-corrected chi connectivity index (χ2v) is 2.89. The summed E-state index contributed by atoms with van der Waals surface area (Å²) >= 11 is 0. The molecular weight excluding hydrogens is 229 g/mol. The van der Waals surface area contributed by atoms with Crippen molar-refractivity contribution in [1.29, 1.82) is 0 Å². The zero-order chi connectivity index (χ0) is 12.3. The molecule has 1 aromatic rings. The lowest BCUT2D eigenvalue weighted by molar-refractivity contribution is -0.154. The number of halogens is 3. The van der Waals surface area contributed by atoms with Gasteiger partial charge in [0.2, 0.25) is 0 Å². The Morgan fingerprint density at radius 2 is 2.12 bits per heavy atom. The molecule has 0 aliphatic heterocycles. The van der Waals surface area contributed by atoms with Crippen LogP contribution in [0.5, 0.6) is 6.01 Å². The van der Waals surface area contributed by atoms with Crippen molar-refractivity contribution in [2.24, 2.45) is 0 Å². The van der Waals surface area contributed by atoms with Crippen molar-refractivity contribution >= 4 is 5.97 Å². The molecule has 1 heterocycles. The van der Waals surface area contributed by atoms with Crippen LogP contribution in [-0.2, 0) is 0 Å². The average molecular weight is 236 g/mol. The Bertz CT molecular complexity index is 406. The van der Waals surface area contributed by atoms with E-state index >= 15 is 0 Å². The van der Waals surface area contributed by atoms with E-state index in [-0.39, 0.29) is 5.69 Å². The maximum absolute atomic E-state index is 11.8. The molecule has 0 atom stereocenters. The largest absolute Gasteiger partial charge is 0.477 e. The number of aryl methyl sites for hydroxylation is 1. The molecule has 0 saturated carbocycles. The third-order valence-corrected chi connectivity index (χ3v) is 1.42. The van der Waals surface area contributed by atoms with E-state index in [4.69, 9.17) is 5.11 Å². The summed E-state index contributed by atoms with van der Waals surface area (Å²) in [6.45, 7) is -0.135. The van der Waals surface area contributed by atoms with Gasteiger partial charge in [-0.3, -0.25) is 0 Å². The highest BCUT2D eigenvalue weighted by atomic mass is 19.4. The maximum Gasteiger partial charge on any atom is 0.422 e. The Labute approximate surface area is 87.9 Å². The molecule has 8 heteroatoms. The molecule has 1 aromatic heterocycles. The van der Waals surface area contributed by atoms with Gasteiger partial charge in [0.25, 0.3) is 0 Å². The van der Waals surface area contributed by atoms with Gasteiger partial charge < -0.3 is 9.84 Å². The molecule has 1 rings (SSSR count). The van der Waals surface area contributed by atoms with E-state index < -0.39 is 30.5 Å². The number of carboxylic acids is 1. The van der Waals surface area contributed by atoms with E-state index in [1.165, 1.54) is 6.92 Å². The molecule has 0 aromatic carbocycles. The van der Waals surface area contributed by atoms with Crippen molar-refractivity contribution in [3.8, 4) is 6.01 Å². The first-order chi connectivity index (χ1) is 7.28. The first-order valence-electron chi connectivity index (χ1n) is 4.06. The lowest BCUT2D eigenvalue weighted by Crippen LogP contribution is -2.20. The average Bonchev–Trinajstić information content (AvgIpc) is 2.13. The van der Waals surface area contributed by atoms with Gasteiger partial charge in [-0.15, -0.1) is 0 Å². The van der Waals surface area contributed by atoms with Crippen molar-refractivity contribution < 1.29 is 27.8 Å². The second kappa shape index (κ2) is 4.33. The fraction of sp³-hybridized carbons (Fsp3) is 0.375. The van der Waals surface area contributed by atoms with Gasteiger partial charge in [-0.2, -0.15) is 18.2 Å². The van der Waals surface area contributed by atoms with Crippen LogP contribution in [-0.4, -0.2) is 33.8 Å². The van der Waals surface area contributed by atoms with Crippen LogP contribution in [0.2, 0.25) is 0 Å². The number of rotatable bonds is 3. The number of nitrogens with zero attached hydrogens (tertiary/aromatic N) is 2. The Balaban J connectivity index is 2.85. The highest BCUT2D eigenvalue weighted by molar-refractivity contribution is 5.85. The van der Waals surface area contributed by atoms with Crippen molar-refractivity contribution in [3.05, 3.63) is 17.5 Å². The van der Waals surface area contributed by atoms with Gasteiger partial charge in [-0.1, -0.05) is 0 Å². The minimum Gasteiger partial charge on any atom is -0.477 e. The molecule has 0 spiro atoms. The number of carbonyl (C=O) groups is 1. The van der Waals surface area contributed by atoms with E-state index in [0.29, 0.717) is 0 Å². The van der Waals surface area contributed by atoms with Gasteiger partial charge in [0.15, 0.2) is 12.3 Å². The fourth-order valence-corrected chi connectivity index (χ4v) is 0.862. The molecule has 0 fully saturated rings. The lowest BCUT2D eigenvalue weighted by atomic mass is 10.3. The number of carboxylic acid groups (broad SMARTS) is 1. The molecule has 0 bridgehead atoms. The number of hydrogen-bond acceptors (Lipinski definition) is 4. The first-order valence-corrected chi connectivity index (χ1v) is 4.06. The molecule has 0 radical (unpaired) electrons. The summed E-state index contributed by atoms with van der Waals surface area (Å²) in [5.41, 5.74) is -0.200. The van der Waals surface area contributed by atoms with Gasteiger partial charge in [-0.25, -0.2) is 9.78 Å². The van der Waals surface area contributed by atoms with Crippen molar-refractivity contribution in [3.63, 3.8) is 0 Å². The van der Waals surface area contributed by atoms with Crippen LogP contribution in [0.25, 0.3) is 0 Å². The summed E-state index contributed by atoms with van der Waals surface area (Å²) in [4.78, 5) is 17.4. The van der Waals surface area contributed by atoms with Gasteiger partial charge in [0.05, 0.1) is 0 Å². The molecule has 0 amide bonds. The molecule has 0 saturated heterocycles. The minimum absolute atomic E-state index is 0.213. The standard InChI is InChI=1S/C8H7F3N2O3/c1-4-2-5(6(14)15)13-7(12-4)16-3-8(9,10)11/h2H,3H2,1H3,(H,14,15). The van der Waals surface area contributed by atoms with Crippen LogP contribution in [0, 0.1) is 6.92 Å². The third-order valence-electron chi connectivity index (χ3n) is 1.42. The predicted molar refractivity (Wildman–Crippen MR) is 45.3 cm³/mol. The van der Waals surface area contributed by atoms with E-state index in [1.807, 2.05) is 0 Å². The Hall–Kier alpha value is -1.86. The van der Waals surface area contributed by atoms with Crippen LogP contribution in [0.3, 0.4) is 0 Å². The molecule has 1 N–H and O–H groups in total. The zero-order valence-electron chi connectivity index (χ0n) is 8.08. The Morgan fingerprint density at radius 1 is 1.50 bits per heavy atom. The normalized spacial score (nSPS) is 11.2. The minimum atomic E-state index is -4.52. The topological polar surface area (TPSA) is 72.3 Å². The molecule has 0 aliphatic carbocycles. The van der Waals surface area contributed by atoms with Crippen molar-refractivity contribution in [2.45, 2.75) is 13.1 Å². The second-order valence-electron chi connectivity index (χ2n) is 2.89. The third kappa shape index (κ3) is 3.71. The first kappa shape index (κ1) is 12.2. The number of aromatic nitrogens is 2. The number of ether oxygens (including phenoxy) is 1. The van der Waals surface area contributed by atoms with E-state index in [9.17, 15) is 18.0 Å². The van der Waals surface area contributed by atoms with Gasteiger partial charge >= 0.3 is 18.2 Å². The number of alkyl halides is 3.